The Bertz CT molecular complexity index is 352. The van der Waals surface area contributed by atoms with Crippen molar-refractivity contribution < 1.29 is 4.74 Å². The molecule has 0 saturated carbocycles. The average molecular weight is 236 g/mol. The zero-order valence-electron chi connectivity index (χ0n) is 10.5. The quantitative estimate of drug-likeness (QED) is 0.842. The van der Waals surface area contributed by atoms with Crippen molar-refractivity contribution in [3.05, 3.63) is 12.4 Å². The average Bonchev–Trinajstić information content (AvgIpc) is 2.40. The molecule has 5 heteroatoms. The smallest absolute Gasteiger partial charge is 0.233 e. The highest BCUT2D eigenvalue weighted by atomic mass is 16.5. The number of hydrogen-bond acceptors (Lipinski definition) is 5. The van der Waals surface area contributed by atoms with E-state index in [1.165, 1.54) is 12.8 Å². The monoisotopic (exact) mass is 236 g/mol. The van der Waals surface area contributed by atoms with E-state index in [1.807, 2.05) is 0 Å². The second-order valence-electron chi connectivity index (χ2n) is 4.49. The number of anilines is 1. The molecule has 17 heavy (non-hydrogen) atoms. The number of ether oxygens (including phenoxy) is 1. The van der Waals surface area contributed by atoms with E-state index in [-0.39, 0.29) is 0 Å². The first-order valence-corrected chi connectivity index (χ1v) is 6.07. The van der Waals surface area contributed by atoms with Crippen molar-refractivity contribution in [2.45, 2.75) is 12.8 Å². The summed E-state index contributed by atoms with van der Waals surface area (Å²) in [6, 6.07) is 0. The van der Waals surface area contributed by atoms with Crippen LogP contribution in [0, 0.1) is 5.92 Å². The molecule has 94 valence electrons. The van der Waals surface area contributed by atoms with Crippen LogP contribution in [0.5, 0.6) is 5.88 Å². The van der Waals surface area contributed by atoms with Crippen LogP contribution in [-0.4, -0.2) is 43.8 Å². The van der Waals surface area contributed by atoms with Gasteiger partial charge in [-0.3, -0.25) is 4.98 Å². The molecule has 0 spiro atoms. The van der Waals surface area contributed by atoms with Gasteiger partial charge in [0.25, 0.3) is 0 Å². The molecular weight excluding hydrogens is 216 g/mol. The molecule has 2 heterocycles. The molecule has 1 aromatic rings. The van der Waals surface area contributed by atoms with Gasteiger partial charge in [0.1, 0.15) is 0 Å². The number of piperidine rings is 1. The largest absolute Gasteiger partial charge is 0.480 e. The predicted molar refractivity (Wildman–Crippen MR) is 67.4 cm³/mol. The van der Waals surface area contributed by atoms with E-state index in [9.17, 15) is 0 Å². The lowest BCUT2D eigenvalue weighted by Gasteiger charge is -2.28. The van der Waals surface area contributed by atoms with Crippen LogP contribution in [0.2, 0.25) is 0 Å². The molecule has 2 rings (SSSR count). The van der Waals surface area contributed by atoms with Crippen molar-refractivity contribution in [1.82, 2.24) is 15.3 Å². The Balaban J connectivity index is 1.95. The molecule has 1 aromatic heterocycles. The van der Waals surface area contributed by atoms with Crippen LogP contribution in [0.1, 0.15) is 12.8 Å². The highest BCUT2D eigenvalue weighted by Crippen LogP contribution is 2.17. The summed E-state index contributed by atoms with van der Waals surface area (Å²) in [6.45, 7) is 3.29. The van der Waals surface area contributed by atoms with E-state index in [0.29, 0.717) is 5.88 Å². The molecule has 0 aliphatic carbocycles. The zero-order valence-corrected chi connectivity index (χ0v) is 10.5. The first kappa shape index (κ1) is 12.1. The number of methoxy groups -OCH3 is 1. The lowest BCUT2D eigenvalue weighted by molar-refractivity contribution is 0.375. The van der Waals surface area contributed by atoms with Gasteiger partial charge in [0, 0.05) is 13.6 Å². The fraction of sp³-hybridized carbons (Fsp3) is 0.667. The maximum atomic E-state index is 5.08. The van der Waals surface area contributed by atoms with Crippen LogP contribution in [0.4, 0.5) is 5.82 Å². The van der Waals surface area contributed by atoms with Crippen molar-refractivity contribution in [3.63, 3.8) is 0 Å². The van der Waals surface area contributed by atoms with Crippen molar-refractivity contribution >= 4 is 5.82 Å². The molecule has 1 aliphatic rings. The molecule has 1 N–H and O–H groups in total. The maximum Gasteiger partial charge on any atom is 0.233 e. The zero-order chi connectivity index (χ0) is 12.1. The van der Waals surface area contributed by atoms with E-state index in [2.05, 4.69) is 27.2 Å². The molecule has 0 radical (unpaired) electrons. The topological polar surface area (TPSA) is 50.3 Å². The van der Waals surface area contributed by atoms with E-state index in [0.717, 1.165) is 31.4 Å². The number of nitrogens with zero attached hydrogens (tertiary/aromatic N) is 3. The molecule has 0 aromatic carbocycles. The van der Waals surface area contributed by atoms with Crippen molar-refractivity contribution in [2.24, 2.45) is 5.92 Å². The van der Waals surface area contributed by atoms with Crippen molar-refractivity contribution in [1.29, 1.82) is 0 Å². The van der Waals surface area contributed by atoms with Crippen LogP contribution in [-0.2, 0) is 0 Å². The lowest BCUT2D eigenvalue weighted by Crippen LogP contribution is -2.34. The van der Waals surface area contributed by atoms with Crippen molar-refractivity contribution in [3.8, 4) is 5.88 Å². The summed E-state index contributed by atoms with van der Waals surface area (Å²) >= 11 is 0. The summed E-state index contributed by atoms with van der Waals surface area (Å²) in [4.78, 5) is 10.7. The minimum Gasteiger partial charge on any atom is -0.480 e. The third kappa shape index (κ3) is 3.30. The van der Waals surface area contributed by atoms with Gasteiger partial charge in [0.05, 0.1) is 19.5 Å². The summed E-state index contributed by atoms with van der Waals surface area (Å²) in [5, 5.41) is 3.38. The molecule has 1 fully saturated rings. The second kappa shape index (κ2) is 5.82. The molecule has 1 saturated heterocycles. The number of nitrogens with one attached hydrogen (secondary N) is 1. The normalized spacial score (nSPS) is 16.8. The van der Waals surface area contributed by atoms with E-state index >= 15 is 0 Å². The van der Waals surface area contributed by atoms with Gasteiger partial charge in [-0.2, -0.15) is 4.98 Å². The van der Waals surface area contributed by atoms with Crippen LogP contribution < -0.4 is 15.0 Å². The first-order chi connectivity index (χ1) is 8.29. The fourth-order valence-electron chi connectivity index (χ4n) is 2.17. The van der Waals surface area contributed by atoms with Crippen LogP contribution in [0.15, 0.2) is 12.4 Å². The molecule has 0 unspecified atom stereocenters. The number of rotatable bonds is 4. The molecule has 5 nitrogen and oxygen atoms in total. The molecular formula is C12H20N4O. The molecule has 0 atom stereocenters. The van der Waals surface area contributed by atoms with Crippen LogP contribution in [0.3, 0.4) is 0 Å². The molecule has 0 amide bonds. The third-order valence-corrected chi connectivity index (χ3v) is 3.19. The Morgan fingerprint density at radius 3 is 2.88 bits per heavy atom. The van der Waals surface area contributed by atoms with Gasteiger partial charge in [0.15, 0.2) is 5.82 Å². The maximum absolute atomic E-state index is 5.08. The van der Waals surface area contributed by atoms with E-state index in [1.54, 1.807) is 19.5 Å². The summed E-state index contributed by atoms with van der Waals surface area (Å²) in [5.41, 5.74) is 0. The summed E-state index contributed by atoms with van der Waals surface area (Å²) in [5.74, 6) is 2.19. The van der Waals surface area contributed by atoms with E-state index < -0.39 is 0 Å². The summed E-state index contributed by atoms with van der Waals surface area (Å²) in [6.07, 6.45) is 5.88. The van der Waals surface area contributed by atoms with Gasteiger partial charge < -0.3 is 15.0 Å². The number of hydrogen-bond donors (Lipinski definition) is 1. The van der Waals surface area contributed by atoms with Crippen LogP contribution >= 0.6 is 0 Å². The highest BCUT2D eigenvalue weighted by molar-refractivity contribution is 5.36. The second-order valence-corrected chi connectivity index (χ2v) is 4.49. The predicted octanol–water partition coefficient (Wildman–Crippen LogP) is 0.921. The Hall–Kier alpha value is -1.36. The Labute approximate surface area is 102 Å². The minimum absolute atomic E-state index is 0.569. The van der Waals surface area contributed by atoms with Gasteiger partial charge in [0.2, 0.25) is 5.88 Å². The Kier molecular flexibility index (Phi) is 4.14. The first-order valence-electron chi connectivity index (χ1n) is 6.07. The van der Waals surface area contributed by atoms with Crippen molar-refractivity contribution in [2.75, 3.05) is 38.7 Å². The van der Waals surface area contributed by atoms with E-state index in [4.69, 9.17) is 4.74 Å². The highest BCUT2D eigenvalue weighted by Gasteiger charge is 2.16. The molecule has 0 bridgehead atoms. The summed E-state index contributed by atoms with van der Waals surface area (Å²) in [7, 11) is 3.67. The van der Waals surface area contributed by atoms with Gasteiger partial charge in [-0.05, 0) is 31.8 Å². The van der Waals surface area contributed by atoms with Gasteiger partial charge in [-0.15, -0.1) is 0 Å². The Morgan fingerprint density at radius 2 is 2.18 bits per heavy atom. The standard InChI is InChI=1S/C12H20N4O/c1-16(9-10-3-5-13-6-4-10)11-7-14-8-12(15-11)17-2/h7-8,10,13H,3-6,9H2,1-2H3. The fourth-order valence-corrected chi connectivity index (χ4v) is 2.17. The van der Waals surface area contributed by atoms with Crippen LogP contribution in [0.25, 0.3) is 0 Å². The molecule has 1 aliphatic heterocycles. The minimum atomic E-state index is 0.569. The number of aromatic nitrogens is 2. The van der Waals surface area contributed by atoms with Gasteiger partial charge in [-0.1, -0.05) is 0 Å². The van der Waals surface area contributed by atoms with Gasteiger partial charge in [-0.25, -0.2) is 0 Å². The third-order valence-electron chi connectivity index (χ3n) is 3.19. The SMILES string of the molecule is COc1cncc(N(C)CC2CCNCC2)n1. The Morgan fingerprint density at radius 1 is 1.41 bits per heavy atom. The summed E-state index contributed by atoms with van der Waals surface area (Å²) < 4.78 is 5.08. The van der Waals surface area contributed by atoms with Gasteiger partial charge >= 0.3 is 0 Å². The lowest BCUT2D eigenvalue weighted by atomic mass is 9.98.